The molecule has 0 spiro atoms. The summed E-state index contributed by atoms with van der Waals surface area (Å²) in [5, 5.41) is 1.06. The van der Waals surface area contributed by atoms with Crippen LogP contribution in [0.3, 0.4) is 0 Å². The fraction of sp³-hybridized carbons (Fsp3) is 0.389. The number of nitrogens with zero attached hydrogens (tertiary/aromatic N) is 4. The molecule has 0 aliphatic carbocycles. The van der Waals surface area contributed by atoms with E-state index in [4.69, 9.17) is 14.5 Å². The van der Waals surface area contributed by atoms with Gasteiger partial charge < -0.3 is 14.4 Å². The number of thiazole rings is 1. The number of benzene rings is 1. The van der Waals surface area contributed by atoms with Crippen molar-refractivity contribution in [3.8, 4) is 11.6 Å². The lowest BCUT2D eigenvalue weighted by molar-refractivity contribution is 0.221. The summed E-state index contributed by atoms with van der Waals surface area (Å²) in [6.45, 7) is 2.63. The minimum atomic E-state index is 0.463. The van der Waals surface area contributed by atoms with Crippen LogP contribution >= 0.6 is 11.3 Å². The first-order valence-electron chi connectivity index (χ1n) is 8.41. The van der Waals surface area contributed by atoms with Crippen LogP contribution in [0.2, 0.25) is 0 Å². The molecule has 7 heteroatoms. The van der Waals surface area contributed by atoms with Gasteiger partial charge >= 0.3 is 0 Å². The molecule has 1 saturated heterocycles. The summed E-state index contributed by atoms with van der Waals surface area (Å²) in [6, 6.07) is 6.06. The Bertz CT molecular complexity index is 839. The predicted molar refractivity (Wildman–Crippen MR) is 98.6 cm³/mol. The second kappa shape index (κ2) is 7.23. The largest absolute Gasteiger partial charge is 0.494 e. The second-order valence-electron chi connectivity index (χ2n) is 6.11. The van der Waals surface area contributed by atoms with E-state index in [9.17, 15) is 0 Å². The molecule has 6 nitrogen and oxygen atoms in total. The number of fused-ring (bicyclic) bond motifs is 1. The van der Waals surface area contributed by atoms with E-state index in [2.05, 4.69) is 20.9 Å². The molecule has 0 radical (unpaired) electrons. The highest BCUT2D eigenvalue weighted by molar-refractivity contribution is 7.22. The second-order valence-corrected chi connectivity index (χ2v) is 7.12. The molecule has 4 rings (SSSR count). The van der Waals surface area contributed by atoms with E-state index in [-0.39, 0.29) is 0 Å². The SMILES string of the molecule is COc1cccc2sc(N3CCCC(COc4cnccn4)C3)nc12. The number of ether oxygens (including phenoxy) is 2. The van der Waals surface area contributed by atoms with Gasteiger partial charge in [0, 0.05) is 31.4 Å². The van der Waals surface area contributed by atoms with Crippen LogP contribution in [0.15, 0.2) is 36.8 Å². The van der Waals surface area contributed by atoms with Crippen LogP contribution in [0.4, 0.5) is 5.13 Å². The molecule has 1 unspecified atom stereocenters. The molecule has 0 bridgehead atoms. The quantitative estimate of drug-likeness (QED) is 0.698. The Morgan fingerprint density at radius 1 is 1.32 bits per heavy atom. The van der Waals surface area contributed by atoms with Crippen LogP contribution in [-0.4, -0.2) is 41.8 Å². The normalized spacial score (nSPS) is 17.6. The number of hydrogen-bond acceptors (Lipinski definition) is 7. The van der Waals surface area contributed by atoms with Gasteiger partial charge in [0.1, 0.15) is 11.3 Å². The molecular weight excluding hydrogens is 336 g/mol. The summed E-state index contributed by atoms with van der Waals surface area (Å²) >= 11 is 1.72. The Morgan fingerprint density at radius 2 is 2.28 bits per heavy atom. The maximum Gasteiger partial charge on any atom is 0.232 e. The Morgan fingerprint density at radius 3 is 3.12 bits per heavy atom. The van der Waals surface area contributed by atoms with Gasteiger partial charge in [0.25, 0.3) is 0 Å². The van der Waals surface area contributed by atoms with Crippen LogP contribution in [-0.2, 0) is 0 Å². The van der Waals surface area contributed by atoms with Crippen molar-refractivity contribution in [1.82, 2.24) is 15.0 Å². The smallest absolute Gasteiger partial charge is 0.232 e. The highest BCUT2D eigenvalue weighted by atomic mass is 32.1. The summed E-state index contributed by atoms with van der Waals surface area (Å²) in [5.41, 5.74) is 0.947. The predicted octanol–water partition coefficient (Wildman–Crippen LogP) is 3.39. The summed E-state index contributed by atoms with van der Waals surface area (Å²) < 4.78 is 12.4. The van der Waals surface area contributed by atoms with Gasteiger partial charge in [0.15, 0.2) is 5.13 Å². The van der Waals surface area contributed by atoms with Crippen molar-refractivity contribution < 1.29 is 9.47 Å². The molecule has 1 aliphatic rings. The zero-order valence-corrected chi connectivity index (χ0v) is 14.9. The van der Waals surface area contributed by atoms with E-state index in [1.54, 1.807) is 37.0 Å². The Labute approximate surface area is 150 Å². The molecule has 25 heavy (non-hydrogen) atoms. The van der Waals surface area contributed by atoms with Gasteiger partial charge in [-0.2, -0.15) is 0 Å². The highest BCUT2D eigenvalue weighted by Crippen LogP contribution is 2.35. The van der Waals surface area contributed by atoms with Crippen LogP contribution in [0, 0.1) is 5.92 Å². The average Bonchev–Trinajstić information content (AvgIpc) is 3.12. The molecule has 2 aromatic heterocycles. The number of anilines is 1. The number of piperidine rings is 1. The standard InChI is InChI=1S/C18H20N4O2S/c1-23-14-5-2-6-15-17(14)21-18(25-15)22-9-3-4-13(11-22)12-24-16-10-19-7-8-20-16/h2,5-8,10,13H,3-4,9,11-12H2,1H3. The van der Waals surface area contributed by atoms with Gasteiger partial charge in [0.05, 0.1) is 24.6 Å². The third-order valence-corrected chi connectivity index (χ3v) is 5.47. The molecule has 130 valence electrons. The molecule has 1 atom stereocenters. The highest BCUT2D eigenvalue weighted by Gasteiger charge is 2.23. The topological polar surface area (TPSA) is 60.4 Å². The zero-order valence-electron chi connectivity index (χ0n) is 14.1. The maximum atomic E-state index is 5.79. The minimum Gasteiger partial charge on any atom is -0.494 e. The lowest BCUT2D eigenvalue weighted by Gasteiger charge is -2.32. The monoisotopic (exact) mass is 356 g/mol. The molecule has 0 saturated carbocycles. The first-order valence-corrected chi connectivity index (χ1v) is 9.22. The van der Waals surface area contributed by atoms with Crippen LogP contribution in [0.5, 0.6) is 11.6 Å². The number of aromatic nitrogens is 3. The number of methoxy groups -OCH3 is 1. The fourth-order valence-electron chi connectivity index (χ4n) is 3.15. The van der Waals surface area contributed by atoms with E-state index < -0.39 is 0 Å². The number of para-hydroxylation sites is 1. The summed E-state index contributed by atoms with van der Waals surface area (Å²) in [4.78, 5) is 15.4. The van der Waals surface area contributed by atoms with Crippen molar-refractivity contribution in [2.45, 2.75) is 12.8 Å². The molecule has 0 amide bonds. The zero-order chi connectivity index (χ0) is 17.1. The first-order chi connectivity index (χ1) is 12.3. The lowest BCUT2D eigenvalue weighted by atomic mass is 9.99. The average molecular weight is 356 g/mol. The maximum absolute atomic E-state index is 5.79. The third kappa shape index (κ3) is 3.51. The summed E-state index contributed by atoms with van der Waals surface area (Å²) in [7, 11) is 1.69. The van der Waals surface area contributed by atoms with Gasteiger partial charge in [-0.15, -0.1) is 0 Å². The number of rotatable bonds is 5. The van der Waals surface area contributed by atoms with Crippen molar-refractivity contribution in [1.29, 1.82) is 0 Å². The summed E-state index contributed by atoms with van der Waals surface area (Å²) in [5.74, 6) is 1.88. The van der Waals surface area contributed by atoms with Gasteiger partial charge in [-0.3, -0.25) is 4.98 Å². The van der Waals surface area contributed by atoms with Crippen molar-refractivity contribution >= 4 is 26.7 Å². The molecule has 1 aliphatic heterocycles. The van der Waals surface area contributed by atoms with Gasteiger partial charge in [-0.1, -0.05) is 17.4 Å². The Hall–Kier alpha value is -2.41. The Kier molecular flexibility index (Phi) is 4.65. The van der Waals surface area contributed by atoms with Crippen LogP contribution in [0.25, 0.3) is 10.2 Å². The minimum absolute atomic E-state index is 0.463. The van der Waals surface area contributed by atoms with E-state index in [0.29, 0.717) is 18.4 Å². The lowest BCUT2D eigenvalue weighted by Crippen LogP contribution is -2.37. The van der Waals surface area contributed by atoms with Crippen molar-refractivity contribution in [2.24, 2.45) is 5.92 Å². The van der Waals surface area contributed by atoms with Gasteiger partial charge in [-0.25, -0.2) is 9.97 Å². The van der Waals surface area contributed by atoms with Crippen LogP contribution < -0.4 is 14.4 Å². The molecule has 3 heterocycles. The summed E-state index contributed by atoms with van der Waals surface area (Å²) in [6.07, 6.45) is 7.25. The Balaban J connectivity index is 1.46. The molecule has 0 N–H and O–H groups in total. The van der Waals surface area contributed by atoms with Crippen molar-refractivity contribution in [3.05, 3.63) is 36.8 Å². The van der Waals surface area contributed by atoms with E-state index >= 15 is 0 Å². The van der Waals surface area contributed by atoms with Crippen molar-refractivity contribution in [3.63, 3.8) is 0 Å². The molecule has 1 fully saturated rings. The van der Waals surface area contributed by atoms with E-state index in [1.807, 2.05) is 12.1 Å². The third-order valence-electron chi connectivity index (χ3n) is 4.39. The van der Waals surface area contributed by atoms with Gasteiger partial charge in [-0.05, 0) is 25.0 Å². The molecular formula is C18H20N4O2S. The van der Waals surface area contributed by atoms with Crippen LogP contribution in [0.1, 0.15) is 12.8 Å². The molecule has 1 aromatic carbocycles. The molecule has 3 aromatic rings. The fourth-order valence-corrected chi connectivity index (χ4v) is 4.17. The van der Waals surface area contributed by atoms with Gasteiger partial charge in [0.2, 0.25) is 5.88 Å². The van der Waals surface area contributed by atoms with E-state index in [1.165, 1.54) is 0 Å². The number of hydrogen-bond donors (Lipinski definition) is 0. The van der Waals surface area contributed by atoms with Crippen molar-refractivity contribution in [2.75, 3.05) is 31.7 Å². The first kappa shape index (κ1) is 16.1. The van der Waals surface area contributed by atoms with E-state index in [0.717, 1.165) is 47.0 Å².